The first-order valence-corrected chi connectivity index (χ1v) is 12.8. The second-order valence-corrected chi connectivity index (χ2v) is 13.7. The number of hydrogen-bond acceptors (Lipinski definition) is 4. The zero-order valence-corrected chi connectivity index (χ0v) is 17.6. The van der Waals surface area contributed by atoms with Crippen molar-refractivity contribution in [2.24, 2.45) is 0 Å². The summed E-state index contributed by atoms with van der Waals surface area (Å²) in [5, 5.41) is 0. The molecule has 2 aromatic heterocycles. The fourth-order valence-corrected chi connectivity index (χ4v) is 3.55. The number of hydrogen-bond donors (Lipinski definition) is 1. The molecule has 140 valence electrons. The summed E-state index contributed by atoms with van der Waals surface area (Å²) in [5.41, 5.74) is 1.21. The standard InChI is InChI=1S/C17H29N3O3SSi/c1-13(2)23-9-8-19-14-6-7-18-15(14)16(21)20(17(19)24)12-22-10-11-25(3,4)5/h6-7,13,18H,8-12H2,1-5H3. The minimum atomic E-state index is -1.16. The van der Waals surface area contributed by atoms with Crippen LogP contribution in [0.3, 0.4) is 0 Å². The molecule has 2 rings (SSSR count). The molecule has 0 unspecified atom stereocenters. The molecule has 0 amide bonds. The van der Waals surface area contributed by atoms with Gasteiger partial charge in [-0.25, -0.2) is 0 Å². The Morgan fingerprint density at radius 3 is 2.60 bits per heavy atom. The molecule has 0 bridgehead atoms. The van der Waals surface area contributed by atoms with Gasteiger partial charge in [-0.2, -0.15) is 0 Å². The van der Waals surface area contributed by atoms with Crippen LogP contribution in [-0.2, 0) is 22.7 Å². The van der Waals surface area contributed by atoms with Crippen molar-refractivity contribution in [1.82, 2.24) is 14.1 Å². The Bertz CT molecular complexity index is 817. The van der Waals surface area contributed by atoms with Crippen molar-refractivity contribution < 1.29 is 9.47 Å². The Morgan fingerprint density at radius 1 is 1.24 bits per heavy atom. The summed E-state index contributed by atoms with van der Waals surface area (Å²) in [4.78, 5) is 15.7. The second-order valence-electron chi connectivity index (χ2n) is 7.67. The molecular weight excluding hydrogens is 354 g/mol. The maximum absolute atomic E-state index is 12.7. The Labute approximate surface area is 154 Å². The number of aromatic nitrogens is 3. The fourth-order valence-electron chi connectivity index (χ4n) is 2.47. The maximum Gasteiger partial charge on any atom is 0.280 e. The van der Waals surface area contributed by atoms with Gasteiger partial charge in [0.05, 0.1) is 18.2 Å². The first-order chi connectivity index (χ1) is 11.7. The number of rotatable bonds is 9. The van der Waals surface area contributed by atoms with E-state index >= 15 is 0 Å². The molecule has 0 aliphatic carbocycles. The highest BCUT2D eigenvalue weighted by atomic mass is 32.1. The predicted octanol–water partition coefficient (Wildman–Crippen LogP) is 3.60. The van der Waals surface area contributed by atoms with Gasteiger partial charge in [-0.05, 0) is 38.2 Å². The third kappa shape index (κ3) is 5.37. The topological polar surface area (TPSA) is 61.2 Å². The molecule has 0 aromatic carbocycles. The van der Waals surface area contributed by atoms with Crippen LogP contribution in [0, 0.1) is 4.77 Å². The minimum Gasteiger partial charge on any atom is -0.377 e. The van der Waals surface area contributed by atoms with Crippen LogP contribution in [0.4, 0.5) is 0 Å². The van der Waals surface area contributed by atoms with Gasteiger partial charge in [-0.15, -0.1) is 0 Å². The van der Waals surface area contributed by atoms with E-state index in [1.165, 1.54) is 4.57 Å². The van der Waals surface area contributed by atoms with Crippen LogP contribution in [0.5, 0.6) is 0 Å². The van der Waals surface area contributed by atoms with Crippen molar-refractivity contribution >= 4 is 31.3 Å². The van der Waals surface area contributed by atoms with E-state index in [-0.39, 0.29) is 18.4 Å². The number of ether oxygens (including phenoxy) is 2. The van der Waals surface area contributed by atoms with Crippen molar-refractivity contribution in [3.8, 4) is 0 Å². The lowest BCUT2D eigenvalue weighted by atomic mass is 10.4. The van der Waals surface area contributed by atoms with Crippen LogP contribution in [0.25, 0.3) is 11.0 Å². The van der Waals surface area contributed by atoms with Gasteiger partial charge >= 0.3 is 0 Å². The minimum absolute atomic E-state index is 0.140. The Morgan fingerprint density at radius 2 is 1.96 bits per heavy atom. The lowest BCUT2D eigenvalue weighted by molar-refractivity contribution is 0.0695. The first-order valence-electron chi connectivity index (χ1n) is 8.71. The highest BCUT2D eigenvalue weighted by Crippen LogP contribution is 2.11. The van der Waals surface area contributed by atoms with Gasteiger partial charge in [0.1, 0.15) is 12.2 Å². The average molecular weight is 384 g/mol. The van der Waals surface area contributed by atoms with Gasteiger partial charge in [0.2, 0.25) is 0 Å². The van der Waals surface area contributed by atoms with Crippen molar-refractivity contribution in [3.05, 3.63) is 27.4 Å². The van der Waals surface area contributed by atoms with Gasteiger partial charge in [0, 0.05) is 27.4 Å². The van der Waals surface area contributed by atoms with E-state index in [4.69, 9.17) is 21.7 Å². The van der Waals surface area contributed by atoms with Gasteiger partial charge in [0.15, 0.2) is 4.77 Å². The molecule has 0 aliphatic heterocycles. The summed E-state index contributed by atoms with van der Waals surface area (Å²) in [6, 6.07) is 2.93. The zero-order chi connectivity index (χ0) is 18.6. The molecule has 0 spiro atoms. The number of aromatic amines is 1. The van der Waals surface area contributed by atoms with Crippen LogP contribution >= 0.6 is 12.2 Å². The van der Waals surface area contributed by atoms with Crippen molar-refractivity contribution in [2.45, 2.75) is 58.9 Å². The molecular formula is C17H29N3O3SSi. The average Bonchev–Trinajstić information content (AvgIpc) is 2.98. The molecule has 0 saturated heterocycles. The summed E-state index contributed by atoms with van der Waals surface area (Å²) in [6.45, 7) is 12.9. The van der Waals surface area contributed by atoms with Crippen molar-refractivity contribution in [2.75, 3.05) is 13.2 Å². The van der Waals surface area contributed by atoms with Gasteiger partial charge in [-0.1, -0.05) is 19.6 Å². The van der Waals surface area contributed by atoms with E-state index in [9.17, 15) is 4.79 Å². The van der Waals surface area contributed by atoms with Gasteiger partial charge in [0.25, 0.3) is 5.56 Å². The van der Waals surface area contributed by atoms with E-state index < -0.39 is 8.07 Å². The summed E-state index contributed by atoms with van der Waals surface area (Å²) in [5.74, 6) is 0. The molecule has 1 N–H and O–H groups in total. The summed E-state index contributed by atoms with van der Waals surface area (Å²) >= 11 is 5.56. The quantitative estimate of drug-likeness (QED) is 0.408. The smallest absolute Gasteiger partial charge is 0.280 e. The highest BCUT2D eigenvalue weighted by Gasteiger charge is 2.14. The third-order valence-corrected chi connectivity index (χ3v) is 6.06. The van der Waals surface area contributed by atoms with Crippen LogP contribution in [0.1, 0.15) is 13.8 Å². The Balaban J connectivity index is 2.24. The molecule has 0 aliphatic rings. The van der Waals surface area contributed by atoms with E-state index in [1.54, 1.807) is 6.20 Å². The molecule has 0 atom stereocenters. The zero-order valence-electron chi connectivity index (χ0n) is 15.8. The number of fused-ring (bicyclic) bond motifs is 1. The predicted molar refractivity (Wildman–Crippen MR) is 107 cm³/mol. The number of nitrogens with one attached hydrogen (secondary N) is 1. The van der Waals surface area contributed by atoms with Crippen LogP contribution in [0.2, 0.25) is 25.7 Å². The van der Waals surface area contributed by atoms with Crippen molar-refractivity contribution in [3.63, 3.8) is 0 Å². The van der Waals surface area contributed by atoms with Crippen LogP contribution in [0.15, 0.2) is 17.1 Å². The van der Waals surface area contributed by atoms with Crippen LogP contribution in [-0.4, -0.2) is 41.5 Å². The maximum atomic E-state index is 12.7. The van der Waals surface area contributed by atoms with E-state index in [1.807, 2.05) is 24.5 Å². The Hall–Kier alpha value is -1.22. The summed E-state index contributed by atoms with van der Waals surface area (Å²) < 4.78 is 15.3. The van der Waals surface area contributed by atoms with E-state index in [0.717, 1.165) is 11.6 Å². The van der Waals surface area contributed by atoms with E-state index in [2.05, 4.69) is 24.6 Å². The normalized spacial score (nSPS) is 12.4. The van der Waals surface area contributed by atoms with Gasteiger partial charge < -0.3 is 19.0 Å². The lowest BCUT2D eigenvalue weighted by Crippen LogP contribution is -2.28. The number of H-pyrrole nitrogens is 1. The monoisotopic (exact) mass is 383 g/mol. The molecule has 2 heterocycles. The third-order valence-electron chi connectivity index (χ3n) is 3.92. The molecule has 0 fully saturated rings. The molecule has 2 aromatic rings. The molecule has 25 heavy (non-hydrogen) atoms. The SMILES string of the molecule is CC(C)OCCn1c(=S)n(COCC[Si](C)(C)C)c(=O)c2[nH]ccc21. The molecule has 0 radical (unpaired) electrons. The molecule has 6 nitrogen and oxygen atoms in total. The largest absolute Gasteiger partial charge is 0.377 e. The second kappa shape index (κ2) is 8.44. The summed E-state index contributed by atoms with van der Waals surface area (Å²) in [7, 11) is -1.16. The highest BCUT2D eigenvalue weighted by molar-refractivity contribution is 7.71. The van der Waals surface area contributed by atoms with Gasteiger partial charge in [-0.3, -0.25) is 9.36 Å². The van der Waals surface area contributed by atoms with Crippen molar-refractivity contribution in [1.29, 1.82) is 0 Å². The fraction of sp³-hybridized carbons (Fsp3) is 0.647. The van der Waals surface area contributed by atoms with E-state index in [0.29, 0.717) is 30.0 Å². The lowest BCUT2D eigenvalue weighted by Gasteiger charge is -2.17. The molecule has 8 heteroatoms. The number of nitrogens with zero attached hydrogens (tertiary/aromatic N) is 2. The Kier molecular flexibility index (Phi) is 6.78. The van der Waals surface area contributed by atoms with Crippen LogP contribution < -0.4 is 5.56 Å². The summed E-state index contributed by atoms with van der Waals surface area (Å²) in [6.07, 6.45) is 1.92. The first kappa shape index (κ1) is 20.1. The molecule has 0 saturated carbocycles.